The van der Waals surface area contributed by atoms with E-state index in [1.54, 1.807) is 6.07 Å². The lowest BCUT2D eigenvalue weighted by Crippen LogP contribution is -2.52. The van der Waals surface area contributed by atoms with Crippen molar-refractivity contribution in [1.82, 2.24) is 10.6 Å². The van der Waals surface area contributed by atoms with Gasteiger partial charge < -0.3 is 10.6 Å². The minimum Gasteiger partial charge on any atom is -0.349 e. The van der Waals surface area contributed by atoms with E-state index in [1.165, 1.54) is 25.1 Å². The lowest BCUT2D eigenvalue weighted by molar-refractivity contribution is -0.216. The third kappa shape index (κ3) is 3.02. The highest BCUT2D eigenvalue weighted by Gasteiger charge is 2.61. The summed E-state index contributed by atoms with van der Waals surface area (Å²) in [5, 5.41) is 4.93. The van der Waals surface area contributed by atoms with E-state index in [4.69, 9.17) is 0 Å². The minimum atomic E-state index is -4.62. The maximum atomic E-state index is 13.2. The number of halogens is 4. The van der Waals surface area contributed by atoms with Crippen molar-refractivity contribution in [3.63, 3.8) is 0 Å². The number of hydrogen-bond acceptors (Lipinski definition) is 2. The Morgan fingerprint density at radius 1 is 1.43 bits per heavy atom. The Labute approximate surface area is 119 Å². The molecule has 1 aliphatic rings. The Bertz CT molecular complexity index is 524. The van der Waals surface area contributed by atoms with Crippen molar-refractivity contribution in [2.24, 2.45) is 5.41 Å². The summed E-state index contributed by atoms with van der Waals surface area (Å²) in [5.74, 6) is -1.57. The largest absolute Gasteiger partial charge is 0.404 e. The van der Waals surface area contributed by atoms with Gasteiger partial charge in [0.15, 0.2) is 5.41 Å². The van der Waals surface area contributed by atoms with Gasteiger partial charge in [0.2, 0.25) is 5.91 Å². The van der Waals surface area contributed by atoms with Crippen LogP contribution in [0.25, 0.3) is 0 Å². The van der Waals surface area contributed by atoms with Gasteiger partial charge in [-0.1, -0.05) is 12.1 Å². The molecule has 0 bridgehead atoms. The van der Waals surface area contributed by atoms with Gasteiger partial charge in [-0.05, 0) is 37.6 Å². The first-order valence-electron chi connectivity index (χ1n) is 6.60. The molecule has 2 rings (SSSR count). The zero-order chi connectivity index (χ0) is 15.7. The van der Waals surface area contributed by atoms with Gasteiger partial charge in [-0.25, -0.2) is 4.39 Å². The van der Waals surface area contributed by atoms with Crippen molar-refractivity contribution in [2.75, 3.05) is 13.1 Å². The molecule has 21 heavy (non-hydrogen) atoms. The summed E-state index contributed by atoms with van der Waals surface area (Å²) in [6.45, 7) is 1.23. The number of alkyl halides is 3. The maximum absolute atomic E-state index is 13.2. The Hall–Kier alpha value is -1.63. The Kier molecular flexibility index (Phi) is 4.22. The van der Waals surface area contributed by atoms with Gasteiger partial charge in [0.05, 0.1) is 6.04 Å². The second kappa shape index (κ2) is 5.63. The highest BCUT2D eigenvalue weighted by atomic mass is 19.4. The molecule has 116 valence electrons. The number of nitrogens with one attached hydrogen (secondary N) is 2. The van der Waals surface area contributed by atoms with Gasteiger partial charge in [0.25, 0.3) is 0 Å². The van der Waals surface area contributed by atoms with E-state index in [-0.39, 0.29) is 13.0 Å². The molecule has 1 aliphatic heterocycles. The zero-order valence-corrected chi connectivity index (χ0v) is 11.4. The van der Waals surface area contributed by atoms with Gasteiger partial charge in [-0.3, -0.25) is 4.79 Å². The lowest BCUT2D eigenvalue weighted by Gasteiger charge is -2.31. The summed E-state index contributed by atoms with van der Waals surface area (Å²) in [6, 6.07) is 4.73. The highest BCUT2D eigenvalue weighted by Crippen LogP contribution is 2.43. The Balaban J connectivity index is 2.16. The third-order valence-corrected chi connectivity index (χ3v) is 3.83. The van der Waals surface area contributed by atoms with Crippen LogP contribution in [0.2, 0.25) is 0 Å². The summed E-state index contributed by atoms with van der Waals surface area (Å²) >= 11 is 0. The predicted molar refractivity (Wildman–Crippen MR) is 68.9 cm³/mol. The van der Waals surface area contributed by atoms with E-state index in [9.17, 15) is 22.4 Å². The van der Waals surface area contributed by atoms with E-state index >= 15 is 0 Å². The fourth-order valence-electron chi connectivity index (χ4n) is 2.45. The average molecular weight is 304 g/mol. The summed E-state index contributed by atoms with van der Waals surface area (Å²) < 4.78 is 52.8. The fourth-order valence-corrected chi connectivity index (χ4v) is 2.45. The molecule has 0 radical (unpaired) electrons. The van der Waals surface area contributed by atoms with E-state index in [1.807, 2.05) is 0 Å². The maximum Gasteiger partial charge on any atom is 0.404 e. The van der Waals surface area contributed by atoms with Gasteiger partial charge in [0, 0.05) is 6.54 Å². The molecule has 0 aliphatic carbocycles. The number of benzene rings is 1. The van der Waals surface area contributed by atoms with Crippen LogP contribution in [0.4, 0.5) is 17.6 Å². The van der Waals surface area contributed by atoms with Crippen molar-refractivity contribution < 1.29 is 22.4 Å². The van der Waals surface area contributed by atoms with Crippen molar-refractivity contribution in [3.8, 4) is 0 Å². The summed E-state index contributed by atoms with van der Waals surface area (Å²) in [5.41, 5.74) is -1.99. The molecule has 0 spiro atoms. The van der Waals surface area contributed by atoms with Gasteiger partial charge in [-0.15, -0.1) is 0 Å². The smallest absolute Gasteiger partial charge is 0.349 e. The second-order valence-corrected chi connectivity index (χ2v) is 5.26. The number of rotatable bonds is 3. The molecule has 1 heterocycles. The lowest BCUT2D eigenvalue weighted by atomic mass is 9.84. The number of carbonyl (C=O) groups is 1. The van der Waals surface area contributed by atoms with Crippen LogP contribution in [0.15, 0.2) is 24.3 Å². The highest BCUT2D eigenvalue weighted by molar-refractivity contribution is 5.84. The van der Waals surface area contributed by atoms with Gasteiger partial charge in [-0.2, -0.15) is 13.2 Å². The summed E-state index contributed by atoms with van der Waals surface area (Å²) in [4.78, 5) is 12.1. The summed E-state index contributed by atoms with van der Waals surface area (Å²) in [7, 11) is 0. The van der Waals surface area contributed by atoms with Crippen LogP contribution in [0.1, 0.15) is 24.9 Å². The SMILES string of the molecule is C[C@H](NC(=O)C1(C(F)(F)F)CCNC1)c1cccc(F)c1. The standard InChI is InChI=1S/C14H16F4N2O/c1-9(10-3-2-4-11(15)7-10)20-12(21)13(14(16,17)18)5-6-19-8-13/h2-4,7,9,19H,5-6,8H2,1H3,(H,20,21)/t9-,13?/m0/s1. The van der Waals surface area contributed by atoms with Crippen LogP contribution in [-0.2, 0) is 4.79 Å². The Morgan fingerprint density at radius 2 is 2.14 bits per heavy atom. The molecule has 1 fully saturated rings. The van der Waals surface area contributed by atoms with Gasteiger partial charge in [0.1, 0.15) is 5.82 Å². The Morgan fingerprint density at radius 3 is 2.67 bits per heavy atom. The predicted octanol–water partition coefficient (Wildman–Crippen LogP) is 2.54. The summed E-state index contributed by atoms with van der Waals surface area (Å²) in [6.07, 6.45) is -4.92. The van der Waals surface area contributed by atoms with Crippen molar-refractivity contribution in [3.05, 3.63) is 35.6 Å². The molecule has 3 nitrogen and oxygen atoms in total. The van der Waals surface area contributed by atoms with Crippen molar-refractivity contribution in [1.29, 1.82) is 0 Å². The normalized spacial score (nSPS) is 23.9. The molecule has 1 aromatic rings. The first kappa shape index (κ1) is 15.8. The molecule has 1 amide bonds. The molecule has 1 aromatic carbocycles. The van der Waals surface area contributed by atoms with E-state index < -0.39 is 35.9 Å². The van der Waals surface area contributed by atoms with E-state index in [2.05, 4.69) is 10.6 Å². The molecule has 2 atom stereocenters. The fraction of sp³-hybridized carbons (Fsp3) is 0.500. The zero-order valence-electron chi connectivity index (χ0n) is 11.4. The molecular weight excluding hydrogens is 288 g/mol. The number of amides is 1. The molecule has 0 saturated carbocycles. The van der Waals surface area contributed by atoms with Crippen LogP contribution >= 0.6 is 0 Å². The van der Waals surface area contributed by atoms with Gasteiger partial charge >= 0.3 is 6.18 Å². The first-order valence-corrected chi connectivity index (χ1v) is 6.60. The molecule has 2 N–H and O–H groups in total. The van der Waals surface area contributed by atoms with Crippen LogP contribution in [0.3, 0.4) is 0 Å². The molecule has 7 heteroatoms. The topological polar surface area (TPSA) is 41.1 Å². The van der Waals surface area contributed by atoms with Crippen molar-refractivity contribution >= 4 is 5.91 Å². The number of hydrogen-bond donors (Lipinski definition) is 2. The van der Waals surface area contributed by atoms with Crippen LogP contribution in [-0.4, -0.2) is 25.2 Å². The number of carbonyl (C=O) groups excluding carboxylic acids is 1. The van der Waals surface area contributed by atoms with Crippen molar-refractivity contribution in [2.45, 2.75) is 25.6 Å². The molecular formula is C14H16F4N2O. The first-order chi connectivity index (χ1) is 9.76. The molecule has 1 unspecified atom stereocenters. The second-order valence-electron chi connectivity index (χ2n) is 5.26. The third-order valence-electron chi connectivity index (χ3n) is 3.83. The van der Waals surface area contributed by atoms with E-state index in [0.29, 0.717) is 5.56 Å². The minimum absolute atomic E-state index is 0.140. The van der Waals surface area contributed by atoms with Crippen LogP contribution in [0, 0.1) is 11.2 Å². The average Bonchev–Trinajstić information content (AvgIpc) is 2.88. The van der Waals surface area contributed by atoms with Crippen LogP contribution < -0.4 is 10.6 Å². The van der Waals surface area contributed by atoms with Crippen LogP contribution in [0.5, 0.6) is 0 Å². The quantitative estimate of drug-likeness (QED) is 0.843. The molecule has 0 aromatic heterocycles. The van der Waals surface area contributed by atoms with E-state index in [0.717, 1.165) is 0 Å². The molecule has 1 saturated heterocycles. The monoisotopic (exact) mass is 304 g/mol.